The molecule has 0 saturated heterocycles. The number of hydrogen-bond acceptors (Lipinski definition) is 2. The molecule has 2 rings (SSSR count). The standard InChI is InChI=1S/C11H15N3O/c1-15-10-5-3-2-4-9(10)14-11(12)13-8-6-7-8/h2-5,8H,6-7H2,1H3,(H3,12,13,14). The molecule has 0 amide bonds. The van der Waals surface area contributed by atoms with Crippen molar-refractivity contribution in [2.75, 3.05) is 12.4 Å². The van der Waals surface area contributed by atoms with Crippen molar-refractivity contribution < 1.29 is 4.74 Å². The fourth-order valence-corrected chi connectivity index (χ4v) is 1.32. The summed E-state index contributed by atoms with van der Waals surface area (Å²) in [4.78, 5) is 4.29. The average molecular weight is 205 g/mol. The van der Waals surface area contributed by atoms with Gasteiger partial charge < -0.3 is 15.8 Å². The lowest BCUT2D eigenvalue weighted by Crippen LogP contribution is -2.23. The zero-order valence-electron chi connectivity index (χ0n) is 8.73. The molecular formula is C11H15N3O. The topological polar surface area (TPSA) is 59.6 Å². The van der Waals surface area contributed by atoms with Gasteiger partial charge in [-0.2, -0.15) is 0 Å². The van der Waals surface area contributed by atoms with Crippen LogP contribution >= 0.6 is 0 Å². The number of para-hydroxylation sites is 2. The third-order valence-electron chi connectivity index (χ3n) is 2.24. The fraction of sp³-hybridized carbons (Fsp3) is 0.364. The highest BCUT2D eigenvalue weighted by atomic mass is 16.5. The van der Waals surface area contributed by atoms with Crippen LogP contribution in [-0.2, 0) is 0 Å². The van der Waals surface area contributed by atoms with Gasteiger partial charge in [0.2, 0.25) is 0 Å². The normalized spacial score (nSPS) is 16.2. The molecular weight excluding hydrogens is 190 g/mol. The highest BCUT2D eigenvalue weighted by molar-refractivity contribution is 5.93. The Morgan fingerprint density at radius 3 is 2.87 bits per heavy atom. The maximum absolute atomic E-state index is 5.75. The number of benzene rings is 1. The van der Waals surface area contributed by atoms with E-state index in [1.807, 2.05) is 24.3 Å². The molecule has 1 aromatic rings. The summed E-state index contributed by atoms with van der Waals surface area (Å²) in [6.45, 7) is 0. The highest BCUT2D eigenvalue weighted by Gasteiger charge is 2.20. The molecule has 0 radical (unpaired) electrons. The number of nitrogens with one attached hydrogen (secondary N) is 1. The molecule has 0 aromatic heterocycles. The van der Waals surface area contributed by atoms with Crippen LogP contribution in [0.3, 0.4) is 0 Å². The quantitative estimate of drug-likeness (QED) is 0.582. The van der Waals surface area contributed by atoms with Crippen LogP contribution in [0.5, 0.6) is 5.75 Å². The molecule has 15 heavy (non-hydrogen) atoms. The predicted molar refractivity (Wildman–Crippen MR) is 61.3 cm³/mol. The van der Waals surface area contributed by atoms with Crippen LogP contribution in [0.2, 0.25) is 0 Å². The predicted octanol–water partition coefficient (Wildman–Crippen LogP) is 1.58. The summed E-state index contributed by atoms with van der Waals surface area (Å²) in [5.41, 5.74) is 6.60. The van der Waals surface area contributed by atoms with Gasteiger partial charge in [0.25, 0.3) is 0 Å². The summed E-state index contributed by atoms with van der Waals surface area (Å²) >= 11 is 0. The second-order valence-electron chi connectivity index (χ2n) is 3.57. The number of nitrogens with two attached hydrogens (primary N) is 1. The van der Waals surface area contributed by atoms with Gasteiger partial charge in [-0.1, -0.05) is 12.1 Å². The van der Waals surface area contributed by atoms with E-state index >= 15 is 0 Å². The summed E-state index contributed by atoms with van der Waals surface area (Å²) in [6, 6.07) is 8.06. The van der Waals surface area contributed by atoms with E-state index in [1.54, 1.807) is 7.11 Å². The van der Waals surface area contributed by atoms with Crippen molar-refractivity contribution in [3.63, 3.8) is 0 Å². The lowest BCUT2D eigenvalue weighted by atomic mass is 10.3. The van der Waals surface area contributed by atoms with Crippen LogP contribution < -0.4 is 15.8 Å². The first kappa shape index (κ1) is 9.83. The molecule has 0 spiro atoms. The Hall–Kier alpha value is -1.71. The second-order valence-corrected chi connectivity index (χ2v) is 3.57. The van der Waals surface area contributed by atoms with Crippen LogP contribution in [0.1, 0.15) is 12.8 Å². The van der Waals surface area contributed by atoms with E-state index in [0.717, 1.165) is 24.3 Å². The third-order valence-corrected chi connectivity index (χ3v) is 2.24. The van der Waals surface area contributed by atoms with Crippen molar-refractivity contribution in [2.24, 2.45) is 10.7 Å². The molecule has 3 N–H and O–H groups in total. The van der Waals surface area contributed by atoms with Gasteiger partial charge >= 0.3 is 0 Å². The second kappa shape index (κ2) is 4.21. The van der Waals surface area contributed by atoms with Crippen molar-refractivity contribution in [1.29, 1.82) is 0 Å². The Balaban J connectivity index is 2.08. The summed E-state index contributed by atoms with van der Waals surface area (Å²) in [7, 11) is 1.63. The maximum atomic E-state index is 5.75. The zero-order chi connectivity index (χ0) is 10.7. The number of nitrogens with zero attached hydrogens (tertiary/aromatic N) is 1. The largest absolute Gasteiger partial charge is 0.495 e. The van der Waals surface area contributed by atoms with Gasteiger partial charge in [0.15, 0.2) is 5.96 Å². The minimum Gasteiger partial charge on any atom is -0.495 e. The lowest BCUT2D eigenvalue weighted by molar-refractivity contribution is 0.417. The fourth-order valence-electron chi connectivity index (χ4n) is 1.32. The lowest BCUT2D eigenvalue weighted by Gasteiger charge is -2.09. The Labute approximate surface area is 89.1 Å². The van der Waals surface area contributed by atoms with Gasteiger partial charge in [-0.3, -0.25) is 0 Å². The highest BCUT2D eigenvalue weighted by Crippen LogP contribution is 2.25. The van der Waals surface area contributed by atoms with E-state index in [-0.39, 0.29) is 0 Å². The number of rotatable bonds is 3. The molecule has 1 fully saturated rings. The molecule has 1 aliphatic rings. The van der Waals surface area contributed by atoms with E-state index in [1.165, 1.54) is 0 Å². The van der Waals surface area contributed by atoms with Crippen molar-refractivity contribution in [3.05, 3.63) is 24.3 Å². The monoisotopic (exact) mass is 205 g/mol. The number of anilines is 1. The molecule has 0 heterocycles. The minimum atomic E-state index is 0.423. The first-order chi connectivity index (χ1) is 7.29. The van der Waals surface area contributed by atoms with Crippen molar-refractivity contribution in [1.82, 2.24) is 0 Å². The summed E-state index contributed by atoms with van der Waals surface area (Å²) in [6.07, 6.45) is 2.29. The first-order valence-electron chi connectivity index (χ1n) is 5.03. The van der Waals surface area contributed by atoms with Gasteiger partial charge in [-0.15, -0.1) is 0 Å². The number of methoxy groups -OCH3 is 1. The first-order valence-corrected chi connectivity index (χ1v) is 5.03. The van der Waals surface area contributed by atoms with Crippen LogP contribution in [0.4, 0.5) is 5.69 Å². The minimum absolute atomic E-state index is 0.423. The average Bonchev–Trinajstić information content (AvgIpc) is 3.02. The van der Waals surface area contributed by atoms with E-state index in [4.69, 9.17) is 10.5 Å². The van der Waals surface area contributed by atoms with Gasteiger partial charge in [-0.05, 0) is 25.0 Å². The number of hydrogen-bond donors (Lipinski definition) is 2. The summed E-state index contributed by atoms with van der Waals surface area (Å²) in [5, 5.41) is 3.04. The number of ether oxygens (including phenoxy) is 1. The van der Waals surface area contributed by atoms with Crippen molar-refractivity contribution in [2.45, 2.75) is 18.9 Å². The van der Waals surface area contributed by atoms with Crippen LogP contribution in [0.25, 0.3) is 0 Å². The molecule has 0 unspecified atom stereocenters. The molecule has 1 aromatic carbocycles. The SMILES string of the molecule is COc1ccccc1NC(N)=NC1CC1. The van der Waals surface area contributed by atoms with Gasteiger partial charge in [-0.25, -0.2) is 4.99 Å². The number of aliphatic imine (C=N–C) groups is 1. The molecule has 1 aliphatic carbocycles. The van der Waals surface area contributed by atoms with Crippen molar-refractivity contribution >= 4 is 11.6 Å². The van der Waals surface area contributed by atoms with Gasteiger partial charge in [0, 0.05) is 0 Å². The summed E-state index contributed by atoms with van der Waals surface area (Å²) in [5.74, 6) is 1.23. The molecule has 4 nitrogen and oxygen atoms in total. The maximum Gasteiger partial charge on any atom is 0.193 e. The Morgan fingerprint density at radius 1 is 1.47 bits per heavy atom. The summed E-state index contributed by atoms with van der Waals surface area (Å²) < 4.78 is 5.19. The van der Waals surface area contributed by atoms with Crippen LogP contribution in [0.15, 0.2) is 29.3 Å². The van der Waals surface area contributed by atoms with Crippen LogP contribution in [0, 0.1) is 0 Å². The van der Waals surface area contributed by atoms with E-state index in [0.29, 0.717) is 12.0 Å². The van der Waals surface area contributed by atoms with E-state index in [9.17, 15) is 0 Å². The van der Waals surface area contributed by atoms with Crippen LogP contribution in [-0.4, -0.2) is 19.1 Å². The van der Waals surface area contributed by atoms with E-state index in [2.05, 4.69) is 10.3 Å². The molecule has 0 bridgehead atoms. The molecule has 0 aliphatic heterocycles. The Morgan fingerprint density at radius 2 is 2.20 bits per heavy atom. The molecule has 4 heteroatoms. The van der Waals surface area contributed by atoms with Gasteiger partial charge in [0.05, 0.1) is 18.8 Å². The van der Waals surface area contributed by atoms with Gasteiger partial charge in [0.1, 0.15) is 5.75 Å². The molecule has 0 atom stereocenters. The Bertz CT molecular complexity index is 372. The zero-order valence-corrected chi connectivity index (χ0v) is 8.73. The Kier molecular flexibility index (Phi) is 2.76. The third kappa shape index (κ3) is 2.62. The smallest absolute Gasteiger partial charge is 0.193 e. The molecule has 1 saturated carbocycles. The van der Waals surface area contributed by atoms with E-state index < -0.39 is 0 Å². The molecule has 80 valence electrons. The number of guanidine groups is 1. The van der Waals surface area contributed by atoms with Crippen molar-refractivity contribution in [3.8, 4) is 5.75 Å².